The van der Waals surface area contributed by atoms with Crippen LogP contribution in [-0.4, -0.2) is 20.9 Å². The zero-order valence-corrected chi connectivity index (χ0v) is 7.81. The first-order valence-electron chi connectivity index (χ1n) is 5.02. The van der Waals surface area contributed by atoms with Crippen LogP contribution in [0.15, 0.2) is 12.3 Å². The molecule has 0 unspecified atom stereocenters. The zero-order valence-electron chi connectivity index (χ0n) is 7.81. The predicted molar refractivity (Wildman–Crippen MR) is 49.0 cm³/mol. The lowest BCUT2D eigenvalue weighted by Crippen LogP contribution is -2.27. The third-order valence-electron chi connectivity index (χ3n) is 3.17. The fourth-order valence-corrected chi connectivity index (χ4v) is 1.83. The van der Waals surface area contributed by atoms with Crippen LogP contribution in [0.25, 0.3) is 0 Å². The second-order valence-electron chi connectivity index (χ2n) is 4.30. The van der Waals surface area contributed by atoms with Gasteiger partial charge < -0.3 is 5.11 Å². The molecular weight excluding hydrogens is 180 g/mol. The summed E-state index contributed by atoms with van der Waals surface area (Å²) in [6, 6.07) is 1.96. The maximum absolute atomic E-state index is 11.0. The standard InChI is InChI=1S/C10H12N2O2/c13-9(14)10(4-5-10)12-6-3-8(11-12)7-1-2-7/h3,6-7H,1-2,4-5H2,(H,13,14). The van der Waals surface area contributed by atoms with E-state index in [2.05, 4.69) is 5.10 Å². The van der Waals surface area contributed by atoms with E-state index >= 15 is 0 Å². The van der Waals surface area contributed by atoms with Crippen molar-refractivity contribution in [3.8, 4) is 0 Å². The molecule has 3 rings (SSSR count). The summed E-state index contributed by atoms with van der Waals surface area (Å²) >= 11 is 0. The molecule has 1 heterocycles. The Morgan fingerprint density at radius 1 is 1.57 bits per heavy atom. The van der Waals surface area contributed by atoms with Crippen molar-refractivity contribution in [1.82, 2.24) is 9.78 Å². The molecule has 0 atom stereocenters. The minimum Gasteiger partial charge on any atom is -0.479 e. The molecule has 0 amide bonds. The highest BCUT2D eigenvalue weighted by Crippen LogP contribution is 2.45. The Balaban J connectivity index is 1.92. The lowest BCUT2D eigenvalue weighted by molar-refractivity contribution is -0.142. The van der Waals surface area contributed by atoms with Crippen LogP contribution in [0.1, 0.15) is 37.3 Å². The Bertz CT molecular complexity index is 389. The molecule has 2 saturated carbocycles. The summed E-state index contributed by atoms with van der Waals surface area (Å²) in [6.45, 7) is 0. The highest BCUT2D eigenvalue weighted by Gasteiger charge is 2.53. The van der Waals surface area contributed by atoms with Crippen molar-refractivity contribution in [3.63, 3.8) is 0 Å². The highest BCUT2D eigenvalue weighted by atomic mass is 16.4. The van der Waals surface area contributed by atoms with Crippen molar-refractivity contribution in [2.75, 3.05) is 0 Å². The van der Waals surface area contributed by atoms with Crippen LogP contribution in [0.5, 0.6) is 0 Å². The van der Waals surface area contributed by atoms with Crippen molar-refractivity contribution >= 4 is 5.97 Å². The van der Waals surface area contributed by atoms with Crippen LogP contribution in [0.4, 0.5) is 0 Å². The summed E-state index contributed by atoms with van der Waals surface area (Å²) < 4.78 is 1.64. The quantitative estimate of drug-likeness (QED) is 0.786. The number of carbonyl (C=O) groups is 1. The molecular formula is C10H12N2O2. The van der Waals surface area contributed by atoms with Gasteiger partial charge in [-0.05, 0) is 31.7 Å². The Morgan fingerprint density at radius 2 is 2.29 bits per heavy atom. The largest absolute Gasteiger partial charge is 0.479 e. The molecule has 2 aliphatic carbocycles. The fraction of sp³-hybridized carbons (Fsp3) is 0.600. The first-order valence-corrected chi connectivity index (χ1v) is 5.02. The normalized spacial score (nSPS) is 23.4. The Hall–Kier alpha value is -1.32. The first-order chi connectivity index (χ1) is 6.72. The highest BCUT2D eigenvalue weighted by molar-refractivity contribution is 5.79. The molecule has 2 aliphatic rings. The second kappa shape index (κ2) is 2.38. The van der Waals surface area contributed by atoms with Gasteiger partial charge in [0.1, 0.15) is 0 Å². The van der Waals surface area contributed by atoms with E-state index in [1.807, 2.05) is 12.3 Å². The van der Waals surface area contributed by atoms with Gasteiger partial charge in [-0.1, -0.05) is 0 Å². The van der Waals surface area contributed by atoms with Gasteiger partial charge >= 0.3 is 5.97 Å². The molecule has 0 aliphatic heterocycles. The maximum atomic E-state index is 11.0. The molecule has 0 bridgehead atoms. The molecule has 4 nitrogen and oxygen atoms in total. The molecule has 0 aromatic carbocycles. The summed E-state index contributed by atoms with van der Waals surface area (Å²) in [4.78, 5) is 11.0. The number of carboxylic acids is 1. The molecule has 0 spiro atoms. The summed E-state index contributed by atoms with van der Waals surface area (Å²) in [5, 5.41) is 13.4. The van der Waals surface area contributed by atoms with Crippen molar-refractivity contribution in [3.05, 3.63) is 18.0 Å². The average Bonchev–Trinajstić information content (AvgIpc) is 3.06. The van der Waals surface area contributed by atoms with Crippen LogP contribution >= 0.6 is 0 Å². The smallest absolute Gasteiger partial charge is 0.331 e. The van der Waals surface area contributed by atoms with Gasteiger partial charge in [-0.15, -0.1) is 0 Å². The van der Waals surface area contributed by atoms with Crippen LogP contribution in [0, 0.1) is 0 Å². The number of hydrogen-bond donors (Lipinski definition) is 1. The van der Waals surface area contributed by atoms with E-state index < -0.39 is 11.5 Å². The van der Waals surface area contributed by atoms with Gasteiger partial charge in [0.25, 0.3) is 0 Å². The van der Waals surface area contributed by atoms with Crippen LogP contribution in [0.3, 0.4) is 0 Å². The molecule has 2 fully saturated rings. The second-order valence-corrected chi connectivity index (χ2v) is 4.30. The van der Waals surface area contributed by atoms with E-state index in [1.165, 1.54) is 12.8 Å². The van der Waals surface area contributed by atoms with Gasteiger partial charge in [-0.25, -0.2) is 4.79 Å². The number of nitrogens with zero attached hydrogens (tertiary/aromatic N) is 2. The zero-order chi connectivity index (χ0) is 9.76. The summed E-state index contributed by atoms with van der Waals surface area (Å²) in [5.41, 5.74) is 0.366. The van der Waals surface area contributed by atoms with Crippen molar-refractivity contribution in [1.29, 1.82) is 0 Å². The number of aromatic nitrogens is 2. The van der Waals surface area contributed by atoms with Crippen LogP contribution in [-0.2, 0) is 10.3 Å². The summed E-state index contributed by atoms with van der Waals surface area (Å²) in [6.07, 6.45) is 5.66. The minimum atomic E-state index is -0.747. The fourth-order valence-electron chi connectivity index (χ4n) is 1.83. The maximum Gasteiger partial charge on any atom is 0.331 e. The third kappa shape index (κ3) is 0.997. The van der Waals surface area contributed by atoms with Gasteiger partial charge in [-0.2, -0.15) is 5.10 Å². The van der Waals surface area contributed by atoms with Crippen molar-refractivity contribution < 1.29 is 9.90 Å². The first kappa shape index (κ1) is 8.03. The molecule has 14 heavy (non-hydrogen) atoms. The third-order valence-corrected chi connectivity index (χ3v) is 3.17. The van der Waals surface area contributed by atoms with Gasteiger partial charge in [0.15, 0.2) is 5.54 Å². The number of rotatable bonds is 3. The van der Waals surface area contributed by atoms with Crippen molar-refractivity contribution in [2.24, 2.45) is 0 Å². The lowest BCUT2D eigenvalue weighted by Gasteiger charge is -2.09. The van der Waals surface area contributed by atoms with Crippen molar-refractivity contribution in [2.45, 2.75) is 37.1 Å². The summed E-state index contributed by atoms with van der Waals surface area (Å²) in [7, 11) is 0. The molecule has 0 saturated heterocycles. The number of hydrogen-bond acceptors (Lipinski definition) is 2. The molecule has 1 aromatic rings. The average molecular weight is 192 g/mol. The van der Waals surface area contributed by atoms with E-state index in [-0.39, 0.29) is 0 Å². The van der Waals surface area contributed by atoms with E-state index in [0.717, 1.165) is 5.69 Å². The van der Waals surface area contributed by atoms with Crippen LogP contribution in [0.2, 0.25) is 0 Å². The number of carboxylic acid groups (broad SMARTS) is 1. The van der Waals surface area contributed by atoms with Gasteiger partial charge in [0.2, 0.25) is 0 Å². The molecule has 74 valence electrons. The molecule has 1 aromatic heterocycles. The van der Waals surface area contributed by atoms with E-state index in [9.17, 15) is 4.79 Å². The van der Waals surface area contributed by atoms with Gasteiger partial charge in [-0.3, -0.25) is 4.68 Å². The van der Waals surface area contributed by atoms with Gasteiger partial charge in [0, 0.05) is 12.1 Å². The molecule has 0 radical (unpaired) electrons. The lowest BCUT2D eigenvalue weighted by atomic mass is 10.3. The Morgan fingerprint density at radius 3 is 2.79 bits per heavy atom. The van der Waals surface area contributed by atoms with Gasteiger partial charge in [0.05, 0.1) is 5.69 Å². The van der Waals surface area contributed by atoms with E-state index in [4.69, 9.17) is 5.11 Å². The monoisotopic (exact) mass is 192 g/mol. The molecule has 1 N–H and O–H groups in total. The SMILES string of the molecule is O=C(O)C1(n2ccc(C3CC3)n2)CC1. The molecule has 4 heteroatoms. The number of aliphatic carboxylic acids is 1. The minimum absolute atomic E-state index is 0.598. The van der Waals surface area contributed by atoms with Crippen LogP contribution < -0.4 is 0 Å². The van der Waals surface area contributed by atoms with E-state index in [0.29, 0.717) is 18.8 Å². The predicted octanol–water partition coefficient (Wildman–Crippen LogP) is 1.33. The summed E-state index contributed by atoms with van der Waals surface area (Å²) in [5.74, 6) is -0.149. The van der Waals surface area contributed by atoms with E-state index in [1.54, 1.807) is 4.68 Å². The Labute approximate surface area is 81.5 Å². The topological polar surface area (TPSA) is 55.1 Å². The Kier molecular flexibility index (Phi) is 1.36.